The van der Waals surface area contributed by atoms with Crippen LogP contribution in [0.4, 0.5) is 11.8 Å². The summed E-state index contributed by atoms with van der Waals surface area (Å²) < 4.78 is 11.5. The smallest absolute Gasteiger partial charge is 0.219 e. The Morgan fingerprint density at radius 3 is 2.62 bits per heavy atom. The van der Waals surface area contributed by atoms with Crippen molar-refractivity contribution in [3.8, 4) is 17.0 Å². The molecule has 0 saturated carbocycles. The molecule has 2 fully saturated rings. The van der Waals surface area contributed by atoms with Crippen LogP contribution < -0.4 is 15.4 Å². The van der Waals surface area contributed by atoms with Gasteiger partial charge in [0.1, 0.15) is 17.7 Å². The van der Waals surface area contributed by atoms with Crippen LogP contribution in [-0.2, 0) is 9.53 Å². The number of nitrogens with two attached hydrogens (primary N) is 1. The number of hydrogen-bond donors (Lipinski definition) is 1. The zero-order valence-corrected chi connectivity index (χ0v) is 14.2. The Hall–Kier alpha value is -2.94. The Balaban J connectivity index is 1.62. The zero-order chi connectivity index (χ0) is 17.9. The van der Waals surface area contributed by atoms with Gasteiger partial charge in [-0.05, 0) is 0 Å². The van der Waals surface area contributed by atoms with Gasteiger partial charge in [0.2, 0.25) is 12.4 Å². The number of likely N-dealkylation sites (tertiary alicyclic amines) is 1. The van der Waals surface area contributed by atoms with E-state index in [-0.39, 0.29) is 12.1 Å². The number of aromatic nitrogens is 3. The molecule has 2 saturated heterocycles. The van der Waals surface area contributed by atoms with E-state index < -0.39 is 0 Å². The zero-order valence-electron chi connectivity index (χ0n) is 14.2. The normalized spacial score (nSPS) is 17.7. The largest absolute Gasteiger partial charge is 0.487 e. The fourth-order valence-electron chi connectivity index (χ4n) is 2.95. The van der Waals surface area contributed by atoms with Crippen molar-refractivity contribution in [2.45, 2.75) is 6.10 Å². The molecule has 0 aliphatic carbocycles. The van der Waals surface area contributed by atoms with Crippen molar-refractivity contribution < 1.29 is 14.3 Å². The second-order valence-corrected chi connectivity index (χ2v) is 6.27. The number of carbonyl (C=O) groups is 1. The highest BCUT2D eigenvalue weighted by Crippen LogP contribution is 2.28. The maximum absolute atomic E-state index is 10.7. The number of nitrogen functional groups attached to an aromatic ring is 1. The van der Waals surface area contributed by atoms with Gasteiger partial charge in [0.25, 0.3) is 0 Å². The summed E-state index contributed by atoms with van der Waals surface area (Å²) in [5, 5.41) is 0. The van der Waals surface area contributed by atoms with Crippen LogP contribution in [-0.4, -0.2) is 71.8 Å². The van der Waals surface area contributed by atoms with Crippen molar-refractivity contribution in [2.24, 2.45) is 0 Å². The summed E-state index contributed by atoms with van der Waals surface area (Å²) in [5.41, 5.74) is 7.06. The predicted molar refractivity (Wildman–Crippen MR) is 94.8 cm³/mol. The average Bonchev–Trinajstić information content (AvgIpc) is 2.65. The van der Waals surface area contributed by atoms with Gasteiger partial charge in [-0.1, -0.05) is 0 Å². The summed E-state index contributed by atoms with van der Waals surface area (Å²) >= 11 is 0. The number of morpholine rings is 1. The third-order valence-electron chi connectivity index (χ3n) is 4.42. The van der Waals surface area contributed by atoms with Crippen molar-refractivity contribution in [1.29, 1.82) is 0 Å². The lowest BCUT2D eigenvalue weighted by atomic mass is 10.1. The minimum Gasteiger partial charge on any atom is -0.487 e. The van der Waals surface area contributed by atoms with E-state index >= 15 is 0 Å². The Morgan fingerprint density at radius 1 is 1.19 bits per heavy atom. The van der Waals surface area contributed by atoms with Gasteiger partial charge in [-0.25, -0.2) is 15.0 Å². The molecule has 136 valence electrons. The molecule has 4 heterocycles. The molecule has 0 bridgehead atoms. The van der Waals surface area contributed by atoms with Crippen LogP contribution in [0.5, 0.6) is 5.75 Å². The number of nitrogens with zero attached hydrogens (tertiary/aromatic N) is 5. The topological polar surface area (TPSA) is 107 Å². The third-order valence-corrected chi connectivity index (χ3v) is 4.42. The minimum atomic E-state index is -0.00402. The van der Waals surface area contributed by atoms with Crippen molar-refractivity contribution in [1.82, 2.24) is 19.9 Å². The number of pyridine rings is 1. The highest BCUT2D eigenvalue weighted by Gasteiger charge is 2.27. The molecule has 0 unspecified atom stereocenters. The summed E-state index contributed by atoms with van der Waals surface area (Å²) in [4.78, 5) is 27.4. The van der Waals surface area contributed by atoms with Crippen molar-refractivity contribution in [2.75, 3.05) is 50.0 Å². The molecule has 1 amide bonds. The van der Waals surface area contributed by atoms with Crippen LogP contribution in [0.15, 0.2) is 24.5 Å². The molecule has 4 rings (SSSR count). The Kier molecular flexibility index (Phi) is 4.53. The molecule has 9 heteroatoms. The maximum atomic E-state index is 10.7. The van der Waals surface area contributed by atoms with Crippen LogP contribution in [0.25, 0.3) is 11.3 Å². The van der Waals surface area contributed by atoms with E-state index in [1.807, 2.05) is 12.1 Å². The van der Waals surface area contributed by atoms with E-state index in [1.165, 1.54) is 0 Å². The molecular weight excluding hydrogens is 336 g/mol. The third kappa shape index (κ3) is 3.52. The van der Waals surface area contributed by atoms with Crippen LogP contribution in [0.3, 0.4) is 0 Å². The first kappa shape index (κ1) is 16.5. The summed E-state index contributed by atoms with van der Waals surface area (Å²) in [6.45, 7) is 4.08. The number of anilines is 2. The lowest BCUT2D eigenvalue weighted by Crippen LogP contribution is -2.52. The molecule has 2 aromatic heterocycles. The maximum Gasteiger partial charge on any atom is 0.219 e. The lowest BCUT2D eigenvalue weighted by molar-refractivity contribution is -0.126. The van der Waals surface area contributed by atoms with Crippen LogP contribution in [0.1, 0.15) is 0 Å². The molecule has 2 aliphatic rings. The predicted octanol–water partition coefficient (Wildman–Crippen LogP) is 0.177. The summed E-state index contributed by atoms with van der Waals surface area (Å²) in [6, 6.07) is 3.79. The average molecular weight is 356 g/mol. The first-order valence-corrected chi connectivity index (χ1v) is 8.50. The monoisotopic (exact) mass is 356 g/mol. The number of ether oxygens (including phenoxy) is 2. The van der Waals surface area contributed by atoms with E-state index in [1.54, 1.807) is 17.3 Å². The molecule has 2 N–H and O–H groups in total. The van der Waals surface area contributed by atoms with E-state index in [9.17, 15) is 4.79 Å². The molecule has 9 nitrogen and oxygen atoms in total. The number of rotatable bonds is 5. The van der Waals surface area contributed by atoms with Crippen molar-refractivity contribution in [3.05, 3.63) is 24.5 Å². The van der Waals surface area contributed by atoms with Gasteiger partial charge in [0.05, 0.1) is 32.0 Å². The second kappa shape index (κ2) is 7.12. The minimum absolute atomic E-state index is 0.00402. The first-order valence-electron chi connectivity index (χ1n) is 8.50. The van der Waals surface area contributed by atoms with Crippen LogP contribution >= 0.6 is 0 Å². The summed E-state index contributed by atoms with van der Waals surface area (Å²) in [6.07, 6.45) is 4.13. The fraction of sp³-hybridized carbons (Fsp3) is 0.412. The number of carbonyl (C=O) groups excluding carboxylic acids is 1. The Labute approximate surface area is 150 Å². The van der Waals surface area contributed by atoms with E-state index in [0.717, 1.165) is 36.6 Å². The number of amides is 1. The summed E-state index contributed by atoms with van der Waals surface area (Å²) in [5.74, 6) is 1.76. The quantitative estimate of drug-likeness (QED) is 0.756. The highest BCUT2D eigenvalue weighted by atomic mass is 16.5. The van der Waals surface area contributed by atoms with Crippen LogP contribution in [0.2, 0.25) is 0 Å². The molecule has 26 heavy (non-hydrogen) atoms. The highest BCUT2D eigenvalue weighted by molar-refractivity contribution is 5.63. The van der Waals surface area contributed by atoms with E-state index in [0.29, 0.717) is 32.1 Å². The van der Waals surface area contributed by atoms with Crippen molar-refractivity contribution >= 4 is 18.2 Å². The lowest BCUT2D eigenvalue weighted by Gasteiger charge is -2.36. The Morgan fingerprint density at radius 2 is 1.92 bits per heavy atom. The standard InChI is InChI=1S/C17H20N6O3/c18-17-19-7-12(8-20-17)15-5-13(26-14-9-22(10-14)11-24)6-16(21-15)23-1-3-25-4-2-23/h5-8,11,14H,1-4,9-10H2,(H2,18,19,20). The van der Waals surface area contributed by atoms with Gasteiger partial charge in [-0.2, -0.15) is 0 Å². The first-order chi connectivity index (χ1) is 12.7. The number of hydrogen-bond acceptors (Lipinski definition) is 8. The molecule has 0 radical (unpaired) electrons. The molecular formula is C17H20N6O3. The fourth-order valence-corrected chi connectivity index (χ4v) is 2.95. The van der Waals surface area contributed by atoms with Crippen LogP contribution in [0, 0.1) is 0 Å². The summed E-state index contributed by atoms with van der Waals surface area (Å²) in [7, 11) is 0. The van der Waals surface area contributed by atoms with Gasteiger partial charge in [0.15, 0.2) is 0 Å². The SMILES string of the molecule is Nc1ncc(-c2cc(OC3CN(C=O)C3)cc(N3CCOCC3)n2)cn1. The second-order valence-electron chi connectivity index (χ2n) is 6.27. The Bertz CT molecular complexity index is 773. The molecule has 2 aliphatic heterocycles. The van der Waals surface area contributed by atoms with Gasteiger partial charge in [-0.15, -0.1) is 0 Å². The van der Waals surface area contributed by atoms with E-state index in [2.05, 4.69) is 14.9 Å². The van der Waals surface area contributed by atoms with Gasteiger partial charge in [0, 0.05) is 43.2 Å². The van der Waals surface area contributed by atoms with Gasteiger partial charge >= 0.3 is 0 Å². The molecule has 0 atom stereocenters. The van der Waals surface area contributed by atoms with Gasteiger partial charge < -0.3 is 25.0 Å². The molecule has 0 spiro atoms. The van der Waals surface area contributed by atoms with Gasteiger partial charge in [-0.3, -0.25) is 4.79 Å². The van der Waals surface area contributed by atoms with Crippen molar-refractivity contribution in [3.63, 3.8) is 0 Å². The molecule has 2 aromatic rings. The molecule has 0 aromatic carbocycles. The van der Waals surface area contributed by atoms with E-state index in [4.69, 9.17) is 20.2 Å².